The van der Waals surface area contributed by atoms with Crippen LogP contribution in [0.5, 0.6) is 0 Å². The van der Waals surface area contributed by atoms with E-state index >= 15 is 0 Å². The van der Waals surface area contributed by atoms with Crippen molar-refractivity contribution in [3.8, 4) is 0 Å². The number of carbonyl (C=O) groups is 1. The maximum atomic E-state index is 12.5. The highest BCUT2D eigenvalue weighted by Crippen LogP contribution is 2.29. The van der Waals surface area contributed by atoms with Crippen LogP contribution < -0.4 is 0 Å². The van der Waals surface area contributed by atoms with Crippen LogP contribution in [0.2, 0.25) is 0 Å². The zero-order valence-corrected chi connectivity index (χ0v) is 11.3. The quantitative estimate of drug-likeness (QED) is 0.794. The van der Waals surface area contributed by atoms with Gasteiger partial charge in [0.2, 0.25) is 0 Å². The second-order valence-corrected chi connectivity index (χ2v) is 5.03. The third-order valence-electron chi connectivity index (χ3n) is 3.33. The Hall–Kier alpha value is -1.56. The van der Waals surface area contributed by atoms with Crippen molar-refractivity contribution < 1.29 is 22.7 Å². The summed E-state index contributed by atoms with van der Waals surface area (Å²) in [6, 6.07) is 4.22. The molecule has 20 heavy (non-hydrogen) atoms. The van der Waals surface area contributed by atoms with Crippen molar-refractivity contribution in [1.29, 1.82) is 0 Å². The number of nitrogens with zero attached hydrogens (tertiary/aromatic N) is 1. The molecule has 1 heterocycles. The topological polar surface area (TPSA) is 29.5 Å². The van der Waals surface area contributed by atoms with Gasteiger partial charge < -0.3 is 9.64 Å². The molecule has 3 nitrogen and oxygen atoms in total. The van der Waals surface area contributed by atoms with Gasteiger partial charge in [-0.25, -0.2) is 0 Å². The molecule has 1 aliphatic heterocycles. The first-order valence-corrected chi connectivity index (χ1v) is 6.39. The van der Waals surface area contributed by atoms with Gasteiger partial charge >= 0.3 is 6.18 Å². The largest absolute Gasteiger partial charge is 0.416 e. The predicted molar refractivity (Wildman–Crippen MR) is 67.4 cm³/mol. The van der Waals surface area contributed by atoms with Gasteiger partial charge in [0.1, 0.15) is 0 Å². The van der Waals surface area contributed by atoms with Gasteiger partial charge in [-0.05, 0) is 38.1 Å². The van der Waals surface area contributed by atoms with Gasteiger partial charge in [-0.3, -0.25) is 4.79 Å². The van der Waals surface area contributed by atoms with Gasteiger partial charge in [0.05, 0.1) is 24.3 Å². The number of hydrogen-bond donors (Lipinski definition) is 0. The highest BCUT2D eigenvalue weighted by molar-refractivity contribution is 5.94. The second kappa shape index (κ2) is 5.44. The standard InChI is InChI=1S/C14H16F3NO2/c1-9-8-20-10(2)7-18(9)13(19)11-3-5-12(6-4-11)14(15,16)17/h3-6,9-10H,7-8H2,1-2H3/t9-,10+/m1/s1. The highest BCUT2D eigenvalue weighted by atomic mass is 19.4. The summed E-state index contributed by atoms with van der Waals surface area (Å²) >= 11 is 0. The van der Waals surface area contributed by atoms with Crippen molar-refractivity contribution in [2.75, 3.05) is 13.2 Å². The Morgan fingerprint density at radius 2 is 1.85 bits per heavy atom. The average molecular weight is 287 g/mol. The lowest BCUT2D eigenvalue weighted by Crippen LogP contribution is -2.50. The molecule has 1 aliphatic rings. The summed E-state index contributed by atoms with van der Waals surface area (Å²) in [4.78, 5) is 13.9. The van der Waals surface area contributed by atoms with Crippen LogP contribution in [0.1, 0.15) is 29.8 Å². The summed E-state index contributed by atoms with van der Waals surface area (Å²) in [6.45, 7) is 4.60. The Labute approximate surface area is 115 Å². The lowest BCUT2D eigenvalue weighted by Gasteiger charge is -2.36. The Bertz CT molecular complexity index is 484. The molecule has 0 N–H and O–H groups in total. The number of carbonyl (C=O) groups excluding carboxylic acids is 1. The molecule has 2 rings (SSSR count). The van der Waals surface area contributed by atoms with E-state index in [0.717, 1.165) is 12.1 Å². The summed E-state index contributed by atoms with van der Waals surface area (Å²) in [6.07, 6.45) is -4.45. The number of morpholine rings is 1. The fraction of sp³-hybridized carbons (Fsp3) is 0.500. The van der Waals surface area contributed by atoms with Gasteiger partial charge in [-0.15, -0.1) is 0 Å². The molecule has 2 atom stereocenters. The molecule has 110 valence electrons. The molecule has 0 radical (unpaired) electrons. The van der Waals surface area contributed by atoms with Crippen molar-refractivity contribution in [3.05, 3.63) is 35.4 Å². The zero-order chi connectivity index (χ0) is 14.9. The van der Waals surface area contributed by atoms with E-state index in [-0.39, 0.29) is 23.6 Å². The van der Waals surface area contributed by atoms with Crippen LogP contribution in [0, 0.1) is 0 Å². The van der Waals surface area contributed by atoms with Crippen LogP contribution in [0.15, 0.2) is 24.3 Å². The second-order valence-electron chi connectivity index (χ2n) is 5.03. The van der Waals surface area contributed by atoms with Gasteiger partial charge in [0.15, 0.2) is 0 Å². The molecule has 1 saturated heterocycles. The average Bonchev–Trinajstić information content (AvgIpc) is 2.40. The first-order valence-electron chi connectivity index (χ1n) is 6.39. The van der Waals surface area contributed by atoms with Crippen molar-refractivity contribution in [2.45, 2.75) is 32.2 Å². The van der Waals surface area contributed by atoms with Crippen molar-refractivity contribution in [2.24, 2.45) is 0 Å². The molecular formula is C14H16F3NO2. The molecule has 1 fully saturated rings. The maximum Gasteiger partial charge on any atom is 0.416 e. The number of amides is 1. The predicted octanol–water partition coefficient (Wildman–Crippen LogP) is 2.95. The summed E-state index contributed by atoms with van der Waals surface area (Å²) in [5.74, 6) is -0.263. The van der Waals surface area contributed by atoms with E-state index in [1.807, 2.05) is 13.8 Å². The molecule has 1 amide bonds. The number of halogens is 3. The molecule has 1 aromatic carbocycles. The van der Waals surface area contributed by atoms with Crippen molar-refractivity contribution >= 4 is 5.91 Å². The van der Waals surface area contributed by atoms with Crippen LogP contribution in [-0.4, -0.2) is 36.1 Å². The molecule has 0 aliphatic carbocycles. The van der Waals surface area contributed by atoms with Crippen LogP contribution in [0.3, 0.4) is 0 Å². The lowest BCUT2D eigenvalue weighted by atomic mass is 10.1. The minimum Gasteiger partial charge on any atom is -0.375 e. The summed E-state index contributed by atoms with van der Waals surface area (Å²) in [7, 11) is 0. The summed E-state index contributed by atoms with van der Waals surface area (Å²) in [5.41, 5.74) is -0.489. The third-order valence-corrected chi connectivity index (χ3v) is 3.33. The van der Waals surface area contributed by atoms with Crippen LogP contribution >= 0.6 is 0 Å². The summed E-state index contributed by atoms with van der Waals surface area (Å²) < 4.78 is 42.9. The smallest absolute Gasteiger partial charge is 0.375 e. The van der Waals surface area contributed by atoms with Crippen LogP contribution in [0.4, 0.5) is 13.2 Å². The Morgan fingerprint density at radius 1 is 1.25 bits per heavy atom. The first kappa shape index (κ1) is 14.8. The number of ether oxygens (including phenoxy) is 1. The van der Waals surface area contributed by atoms with Gasteiger partial charge in [0, 0.05) is 12.1 Å². The SMILES string of the molecule is C[C@@H]1CO[C@@H](C)CN1C(=O)c1ccc(C(F)(F)F)cc1. The number of benzene rings is 1. The van der Waals surface area contributed by atoms with E-state index in [4.69, 9.17) is 4.74 Å². The molecular weight excluding hydrogens is 271 g/mol. The normalized spacial score (nSPS) is 23.8. The van der Waals surface area contributed by atoms with E-state index in [9.17, 15) is 18.0 Å². The number of alkyl halides is 3. The van der Waals surface area contributed by atoms with E-state index < -0.39 is 11.7 Å². The minimum absolute atomic E-state index is 0.0652. The highest BCUT2D eigenvalue weighted by Gasteiger charge is 2.31. The van der Waals surface area contributed by atoms with E-state index in [0.29, 0.717) is 13.2 Å². The first-order chi connectivity index (χ1) is 9.29. The Balaban J connectivity index is 2.16. The van der Waals surface area contributed by atoms with E-state index in [1.54, 1.807) is 4.90 Å². The Morgan fingerprint density at radius 3 is 2.40 bits per heavy atom. The van der Waals surface area contributed by atoms with Crippen LogP contribution in [0.25, 0.3) is 0 Å². The number of hydrogen-bond acceptors (Lipinski definition) is 2. The third kappa shape index (κ3) is 3.12. The molecule has 0 saturated carbocycles. The zero-order valence-electron chi connectivity index (χ0n) is 11.3. The number of rotatable bonds is 1. The molecule has 0 unspecified atom stereocenters. The van der Waals surface area contributed by atoms with Crippen LogP contribution in [-0.2, 0) is 10.9 Å². The minimum atomic E-state index is -4.39. The molecule has 1 aromatic rings. The van der Waals surface area contributed by atoms with Crippen molar-refractivity contribution in [1.82, 2.24) is 4.90 Å². The lowest BCUT2D eigenvalue weighted by molar-refractivity contribution is -0.137. The summed E-state index contributed by atoms with van der Waals surface area (Å²) in [5, 5.41) is 0. The Kier molecular flexibility index (Phi) is 4.04. The van der Waals surface area contributed by atoms with Gasteiger partial charge in [-0.2, -0.15) is 13.2 Å². The van der Waals surface area contributed by atoms with E-state index in [1.165, 1.54) is 12.1 Å². The van der Waals surface area contributed by atoms with Gasteiger partial charge in [-0.1, -0.05) is 0 Å². The fourth-order valence-electron chi connectivity index (χ4n) is 2.15. The molecule has 6 heteroatoms. The van der Waals surface area contributed by atoms with E-state index in [2.05, 4.69) is 0 Å². The molecule has 0 spiro atoms. The molecule has 0 bridgehead atoms. The maximum absolute atomic E-state index is 12.5. The fourth-order valence-corrected chi connectivity index (χ4v) is 2.15. The van der Waals surface area contributed by atoms with Gasteiger partial charge in [0.25, 0.3) is 5.91 Å². The van der Waals surface area contributed by atoms with Crippen molar-refractivity contribution in [3.63, 3.8) is 0 Å². The monoisotopic (exact) mass is 287 g/mol. The molecule has 0 aromatic heterocycles.